The molecule has 0 aliphatic heterocycles. The second-order valence-electron chi connectivity index (χ2n) is 4.30. The highest BCUT2D eigenvalue weighted by Gasteiger charge is 2.05. The average Bonchev–Trinajstić information content (AvgIpc) is 2.73. The number of hydrogen-bond acceptors (Lipinski definition) is 3. The molecule has 4 nitrogen and oxygen atoms in total. The third-order valence-electron chi connectivity index (χ3n) is 2.74. The van der Waals surface area contributed by atoms with Crippen LogP contribution in [0.3, 0.4) is 0 Å². The first-order chi connectivity index (χ1) is 8.15. The van der Waals surface area contributed by atoms with Gasteiger partial charge in [0, 0.05) is 25.8 Å². The summed E-state index contributed by atoms with van der Waals surface area (Å²) >= 11 is 0. The summed E-state index contributed by atoms with van der Waals surface area (Å²) in [6.45, 7) is 2.78. The zero-order chi connectivity index (χ0) is 12.3. The molecule has 3 N–H and O–H groups in total. The fourth-order valence-electron chi connectivity index (χ4n) is 1.67. The number of nitrogens with zero attached hydrogens (tertiary/aromatic N) is 2. The molecule has 0 aliphatic rings. The molecule has 0 fully saturated rings. The number of rotatable bonds is 4. The van der Waals surface area contributed by atoms with E-state index in [2.05, 4.69) is 41.6 Å². The van der Waals surface area contributed by atoms with Gasteiger partial charge in [0.25, 0.3) is 0 Å². The van der Waals surface area contributed by atoms with Crippen LogP contribution in [0.15, 0.2) is 36.7 Å². The van der Waals surface area contributed by atoms with Gasteiger partial charge in [-0.25, -0.2) is 0 Å². The van der Waals surface area contributed by atoms with E-state index in [0.717, 1.165) is 11.3 Å². The molecule has 0 spiro atoms. The highest BCUT2D eigenvalue weighted by molar-refractivity contribution is 5.38. The topological polar surface area (TPSA) is 55.9 Å². The summed E-state index contributed by atoms with van der Waals surface area (Å²) in [7, 11) is 1.89. The first kappa shape index (κ1) is 11.7. The van der Waals surface area contributed by atoms with Crippen LogP contribution in [0.5, 0.6) is 0 Å². The van der Waals surface area contributed by atoms with Crippen LogP contribution in [-0.2, 0) is 7.05 Å². The van der Waals surface area contributed by atoms with E-state index < -0.39 is 0 Å². The monoisotopic (exact) mass is 230 g/mol. The van der Waals surface area contributed by atoms with Gasteiger partial charge in [0.1, 0.15) is 0 Å². The standard InChI is InChI=1S/C13H18N4/c1-10-3-5-11(6-4-10)13(14)8-15-12-7-16-17(2)9-12/h3-7,9,13,15H,8,14H2,1-2H3. The van der Waals surface area contributed by atoms with Gasteiger partial charge in [-0.15, -0.1) is 0 Å². The van der Waals surface area contributed by atoms with Crippen LogP contribution in [-0.4, -0.2) is 16.3 Å². The molecule has 0 aliphatic carbocycles. The maximum absolute atomic E-state index is 6.11. The Bertz CT molecular complexity index is 472. The summed E-state index contributed by atoms with van der Waals surface area (Å²) in [6.07, 6.45) is 3.73. The Morgan fingerprint density at radius 3 is 2.65 bits per heavy atom. The van der Waals surface area contributed by atoms with Crippen molar-refractivity contribution in [2.75, 3.05) is 11.9 Å². The smallest absolute Gasteiger partial charge is 0.0727 e. The molecular weight excluding hydrogens is 212 g/mol. The van der Waals surface area contributed by atoms with Crippen molar-refractivity contribution in [3.05, 3.63) is 47.8 Å². The number of anilines is 1. The van der Waals surface area contributed by atoms with Crippen LogP contribution in [0.4, 0.5) is 5.69 Å². The number of hydrogen-bond donors (Lipinski definition) is 2. The molecule has 17 heavy (non-hydrogen) atoms. The van der Waals surface area contributed by atoms with Crippen molar-refractivity contribution in [2.24, 2.45) is 12.8 Å². The van der Waals surface area contributed by atoms with Gasteiger partial charge in [-0.05, 0) is 12.5 Å². The van der Waals surface area contributed by atoms with Crippen molar-refractivity contribution in [1.82, 2.24) is 9.78 Å². The van der Waals surface area contributed by atoms with E-state index in [9.17, 15) is 0 Å². The Morgan fingerprint density at radius 1 is 1.35 bits per heavy atom. The van der Waals surface area contributed by atoms with Crippen LogP contribution in [0.25, 0.3) is 0 Å². The van der Waals surface area contributed by atoms with Gasteiger partial charge in [0.15, 0.2) is 0 Å². The molecule has 0 radical (unpaired) electrons. The van der Waals surface area contributed by atoms with Crippen molar-refractivity contribution in [2.45, 2.75) is 13.0 Å². The molecule has 1 heterocycles. The molecule has 2 aromatic rings. The number of nitrogens with one attached hydrogen (secondary N) is 1. The minimum atomic E-state index is -0.00388. The largest absolute Gasteiger partial charge is 0.381 e. The van der Waals surface area contributed by atoms with E-state index in [1.54, 1.807) is 10.9 Å². The Hall–Kier alpha value is -1.81. The third-order valence-corrected chi connectivity index (χ3v) is 2.74. The summed E-state index contributed by atoms with van der Waals surface area (Å²) in [6, 6.07) is 8.31. The summed E-state index contributed by atoms with van der Waals surface area (Å²) in [5.74, 6) is 0. The summed E-state index contributed by atoms with van der Waals surface area (Å²) in [4.78, 5) is 0. The molecule has 1 aromatic heterocycles. The van der Waals surface area contributed by atoms with Crippen LogP contribution in [0, 0.1) is 6.92 Å². The van der Waals surface area contributed by atoms with Gasteiger partial charge < -0.3 is 11.1 Å². The third kappa shape index (κ3) is 3.07. The van der Waals surface area contributed by atoms with E-state index in [4.69, 9.17) is 5.73 Å². The fraction of sp³-hybridized carbons (Fsp3) is 0.308. The maximum Gasteiger partial charge on any atom is 0.0727 e. The molecule has 0 bridgehead atoms. The number of benzene rings is 1. The first-order valence-corrected chi connectivity index (χ1v) is 5.70. The Morgan fingerprint density at radius 2 is 2.06 bits per heavy atom. The summed E-state index contributed by atoms with van der Waals surface area (Å²) < 4.78 is 1.76. The molecule has 0 amide bonds. The van der Waals surface area contributed by atoms with Crippen LogP contribution in [0.2, 0.25) is 0 Å². The van der Waals surface area contributed by atoms with E-state index >= 15 is 0 Å². The normalized spacial score (nSPS) is 12.4. The predicted octanol–water partition coefficient (Wildman–Crippen LogP) is 1.84. The van der Waals surface area contributed by atoms with E-state index in [0.29, 0.717) is 6.54 Å². The Labute approximate surface area is 101 Å². The van der Waals surface area contributed by atoms with Crippen molar-refractivity contribution in [3.63, 3.8) is 0 Å². The Balaban J connectivity index is 1.93. The van der Waals surface area contributed by atoms with Gasteiger partial charge in [-0.2, -0.15) is 5.10 Å². The van der Waals surface area contributed by atoms with E-state index in [1.165, 1.54) is 5.56 Å². The maximum atomic E-state index is 6.11. The van der Waals surface area contributed by atoms with Crippen molar-refractivity contribution < 1.29 is 0 Å². The van der Waals surface area contributed by atoms with Gasteiger partial charge in [0.2, 0.25) is 0 Å². The van der Waals surface area contributed by atoms with Crippen molar-refractivity contribution in [3.8, 4) is 0 Å². The second-order valence-corrected chi connectivity index (χ2v) is 4.30. The first-order valence-electron chi connectivity index (χ1n) is 5.70. The van der Waals surface area contributed by atoms with Crippen LogP contribution in [0.1, 0.15) is 17.2 Å². The average molecular weight is 230 g/mol. The van der Waals surface area contributed by atoms with Gasteiger partial charge in [0.05, 0.1) is 11.9 Å². The summed E-state index contributed by atoms with van der Waals surface area (Å²) in [5, 5.41) is 7.36. The molecule has 1 aromatic carbocycles. The van der Waals surface area contributed by atoms with Gasteiger partial charge in [-0.1, -0.05) is 29.8 Å². The zero-order valence-electron chi connectivity index (χ0n) is 10.2. The minimum absolute atomic E-state index is 0.00388. The Kier molecular flexibility index (Phi) is 3.44. The van der Waals surface area contributed by atoms with E-state index in [1.807, 2.05) is 13.2 Å². The van der Waals surface area contributed by atoms with Crippen LogP contribution >= 0.6 is 0 Å². The molecular formula is C13H18N4. The zero-order valence-corrected chi connectivity index (χ0v) is 10.2. The van der Waals surface area contributed by atoms with Gasteiger partial charge >= 0.3 is 0 Å². The summed E-state index contributed by atoms with van der Waals surface area (Å²) in [5.41, 5.74) is 9.50. The highest BCUT2D eigenvalue weighted by atomic mass is 15.3. The molecule has 0 saturated carbocycles. The lowest BCUT2D eigenvalue weighted by Gasteiger charge is -2.13. The number of nitrogens with two attached hydrogens (primary N) is 1. The molecule has 2 rings (SSSR count). The SMILES string of the molecule is Cc1ccc(C(N)CNc2cnn(C)c2)cc1. The lowest BCUT2D eigenvalue weighted by Crippen LogP contribution is -2.20. The number of aromatic nitrogens is 2. The highest BCUT2D eigenvalue weighted by Crippen LogP contribution is 2.12. The number of aryl methyl sites for hydroxylation is 2. The van der Waals surface area contributed by atoms with Gasteiger partial charge in [-0.3, -0.25) is 4.68 Å². The van der Waals surface area contributed by atoms with E-state index in [-0.39, 0.29) is 6.04 Å². The molecule has 1 atom stereocenters. The predicted molar refractivity (Wildman–Crippen MR) is 69.8 cm³/mol. The van der Waals surface area contributed by atoms with Crippen molar-refractivity contribution >= 4 is 5.69 Å². The fourth-order valence-corrected chi connectivity index (χ4v) is 1.67. The lowest BCUT2D eigenvalue weighted by molar-refractivity contribution is 0.761. The minimum Gasteiger partial charge on any atom is -0.381 e. The van der Waals surface area contributed by atoms with Crippen molar-refractivity contribution in [1.29, 1.82) is 0 Å². The molecule has 0 saturated heterocycles. The quantitative estimate of drug-likeness (QED) is 0.842. The molecule has 1 unspecified atom stereocenters. The molecule has 4 heteroatoms. The second kappa shape index (κ2) is 5.01. The molecule has 90 valence electrons. The lowest BCUT2D eigenvalue weighted by atomic mass is 10.1. The van der Waals surface area contributed by atoms with Crippen LogP contribution < -0.4 is 11.1 Å².